The highest BCUT2D eigenvalue weighted by atomic mass is 16.5. The van der Waals surface area contributed by atoms with Crippen molar-refractivity contribution in [2.45, 2.75) is 19.4 Å². The van der Waals surface area contributed by atoms with Gasteiger partial charge in [0.1, 0.15) is 6.10 Å². The summed E-state index contributed by atoms with van der Waals surface area (Å²) in [7, 11) is 1.56. The van der Waals surface area contributed by atoms with Gasteiger partial charge in [0, 0.05) is 20.2 Å². The number of amides is 1. The fourth-order valence-corrected chi connectivity index (χ4v) is 0.895. The molecule has 1 amide bonds. The summed E-state index contributed by atoms with van der Waals surface area (Å²) in [6.45, 7) is 3.60. The van der Waals surface area contributed by atoms with Crippen LogP contribution in [0.25, 0.3) is 0 Å². The van der Waals surface area contributed by atoms with Crippen molar-refractivity contribution in [3.63, 3.8) is 0 Å². The third kappa shape index (κ3) is 1.29. The second-order valence-corrected chi connectivity index (χ2v) is 2.56. The number of methoxy groups -OCH3 is 1. The summed E-state index contributed by atoms with van der Waals surface area (Å²) in [6, 6.07) is 0. The molecular formula is C7H13NO2. The van der Waals surface area contributed by atoms with E-state index < -0.39 is 0 Å². The largest absolute Gasteiger partial charge is 0.372 e. The molecule has 3 nitrogen and oxygen atoms in total. The quantitative estimate of drug-likeness (QED) is 0.554. The molecule has 1 rings (SSSR count). The van der Waals surface area contributed by atoms with Gasteiger partial charge in [0.15, 0.2) is 0 Å². The average Bonchev–Trinajstić information content (AvgIpc) is 1.82. The minimum Gasteiger partial charge on any atom is -0.372 e. The molecule has 1 aliphatic rings. The van der Waals surface area contributed by atoms with Crippen LogP contribution in [-0.4, -0.2) is 37.1 Å². The van der Waals surface area contributed by atoms with Crippen LogP contribution in [0.15, 0.2) is 0 Å². The van der Waals surface area contributed by atoms with Crippen LogP contribution in [0, 0.1) is 0 Å². The maximum absolute atomic E-state index is 11.2. The molecule has 0 N–H and O–H groups in total. The monoisotopic (exact) mass is 143 g/mol. The Morgan fingerprint density at radius 2 is 2.20 bits per heavy atom. The molecule has 58 valence electrons. The maximum Gasteiger partial charge on any atom is 0.251 e. The van der Waals surface area contributed by atoms with E-state index >= 15 is 0 Å². The van der Waals surface area contributed by atoms with Crippen molar-refractivity contribution in [3.8, 4) is 0 Å². The van der Waals surface area contributed by atoms with Crippen LogP contribution in [0.5, 0.6) is 0 Å². The molecule has 0 aromatic carbocycles. The Morgan fingerprint density at radius 3 is 2.50 bits per heavy atom. The minimum atomic E-state index is -0.264. The van der Waals surface area contributed by atoms with Gasteiger partial charge in [-0.15, -0.1) is 0 Å². The van der Waals surface area contributed by atoms with E-state index in [0.717, 1.165) is 19.5 Å². The van der Waals surface area contributed by atoms with E-state index in [9.17, 15) is 4.79 Å². The lowest BCUT2D eigenvalue weighted by Gasteiger charge is -2.32. The number of carbonyl (C=O) groups excluding carboxylic acids is 1. The average molecular weight is 143 g/mol. The van der Waals surface area contributed by atoms with E-state index in [2.05, 4.69) is 0 Å². The van der Waals surface area contributed by atoms with Gasteiger partial charge in [0.2, 0.25) is 0 Å². The summed E-state index contributed by atoms with van der Waals surface area (Å²) < 4.78 is 4.88. The molecule has 1 unspecified atom stereocenters. The number of likely N-dealkylation sites (tertiary alicyclic amines) is 1. The van der Waals surface area contributed by atoms with Gasteiger partial charge in [0.25, 0.3) is 5.91 Å². The fourth-order valence-electron chi connectivity index (χ4n) is 0.895. The fraction of sp³-hybridized carbons (Fsp3) is 0.857. The Labute approximate surface area is 61.0 Å². The van der Waals surface area contributed by atoms with Gasteiger partial charge >= 0.3 is 0 Å². The zero-order valence-electron chi connectivity index (χ0n) is 6.46. The molecular weight excluding hydrogens is 130 g/mol. The van der Waals surface area contributed by atoms with Crippen molar-refractivity contribution < 1.29 is 9.53 Å². The van der Waals surface area contributed by atoms with Crippen LogP contribution in [0.4, 0.5) is 0 Å². The lowest BCUT2D eigenvalue weighted by atomic mass is 10.2. The zero-order chi connectivity index (χ0) is 7.56. The number of hydrogen-bond donors (Lipinski definition) is 0. The van der Waals surface area contributed by atoms with Crippen molar-refractivity contribution in [1.82, 2.24) is 4.90 Å². The van der Waals surface area contributed by atoms with Crippen molar-refractivity contribution in [3.05, 3.63) is 0 Å². The van der Waals surface area contributed by atoms with Gasteiger partial charge < -0.3 is 9.64 Å². The maximum atomic E-state index is 11.2. The molecule has 0 aromatic heterocycles. The number of rotatable bonds is 2. The van der Waals surface area contributed by atoms with Crippen molar-refractivity contribution in [2.24, 2.45) is 0 Å². The van der Waals surface area contributed by atoms with Crippen LogP contribution in [0.1, 0.15) is 13.3 Å². The predicted molar refractivity (Wildman–Crippen MR) is 37.7 cm³/mol. The molecule has 1 saturated heterocycles. The molecule has 0 radical (unpaired) electrons. The molecule has 3 heteroatoms. The summed E-state index contributed by atoms with van der Waals surface area (Å²) in [5.41, 5.74) is 0. The van der Waals surface area contributed by atoms with Crippen LogP contribution < -0.4 is 0 Å². The van der Waals surface area contributed by atoms with E-state index in [0.29, 0.717) is 0 Å². The molecule has 0 aromatic rings. The molecule has 0 saturated carbocycles. The van der Waals surface area contributed by atoms with Gasteiger partial charge in [-0.1, -0.05) is 0 Å². The Kier molecular flexibility index (Phi) is 2.27. The van der Waals surface area contributed by atoms with Crippen LogP contribution in [-0.2, 0) is 9.53 Å². The van der Waals surface area contributed by atoms with Crippen LogP contribution >= 0.6 is 0 Å². The molecule has 1 atom stereocenters. The summed E-state index contributed by atoms with van der Waals surface area (Å²) in [6.07, 6.45) is 0.877. The van der Waals surface area contributed by atoms with E-state index in [1.54, 1.807) is 14.0 Å². The minimum absolute atomic E-state index is 0.119. The summed E-state index contributed by atoms with van der Waals surface area (Å²) in [5, 5.41) is 0. The lowest BCUT2D eigenvalue weighted by Crippen LogP contribution is -2.46. The topological polar surface area (TPSA) is 29.5 Å². The van der Waals surface area contributed by atoms with E-state index in [1.807, 2.05) is 4.90 Å². The standard InChI is InChI=1S/C7H13NO2/c1-6(10-2)7(9)8-4-3-5-8/h6H,3-5H2,1-2H3. The smallest absolute Gasteiger partial charge is 0.251 e. The van der Waals surface area contributed by atoms with Crippen LogP contribution in [0.3, 0.4) is 0 Å². The van der Waals surface area contributed by atoms with Gasteiger partial charge in [0.05, 0.1) is 0 Å². The molecule has 1 aliphatic heterocycles. The normalized spacial score (nSPS) is 20.0. The predicted octanol–water partition coefficient (Wildman–Crippen LogP) is 0.254. The Hall–Kier alpha value is -0.570. The summed E-state index contributed by atoms with van der Waals surface area (Å²) in [4.78, 5) is 13.0. The van der Waals surface area contributed by atoms with Gasteiger partial charge in [-0.2, -0.15) is 0 Å². The van der Waals surface area contributed by atoms with Gasteiger partial charge in [-0.25, -0.2) is 0 Å². The molecule has 0 bridgehead atoms. The second-order valence-electron chi connectivity index (χ2n) is 2.56. The first-order chi connectivity index (χ1) is 4.75. The van der Waals surface area contributed by atoms with Crippen molar-refractivity contribution in [1.29, 1.82) is 0 Å². The zero-order valence-corrected chi connectivity index (χ0v) is 6.46. The van der Waals surface area contributed by atoms with Crippen LogP contribution in [0.2, 0.25) is 0 Å². The van der Waals surface area contributed by atoms with Gasteiger partial charge in [-0.3, -0.25) is 4.79 Å². The first kappa shape index (κ1) is 7.54. The molecule has 1 fully saturated rings. The first-order valence-electron chi connectivity index (χ1n) is 3.57. The van der Waals surface area contributed by atoms with E-state index in [4.69, 9.17) is 4.74 Å². The molecule has 0 aliphatic carbocycles. The number of nitrogens with zero attached hydrogens (tertiary/aromatic N) is 1. The molecule has 0 spiro atoms. The number of carbonyl (C=O) groups is 1. The molecule has 1 heterocycles. The highest BCUT2D eigenvalue weighted by Gasteiger charge is 2.24. The highest BCUT2D eigenvalue weighted by molar-refractivity contribution is 5.81. The highest BCUT2D eigenvalue weighted by Crippen LogP contribution is 2.08. The van der Waals surface area contributed by atoms with E-state index in [-0.39, 0.29) is 12.0 Å². The Bertz CT molecular complexity index is 125. The Balaban J connectivity index is 2.32. The Morgan fingerprint density at radius 1 is 1.60 bits per heavy atom. The second kappa shape index (κ2) is 3.01. The summed E-state index contributed by atoms with van der Waals surface area (Å²) in [5.74, 6) is 0.119. The van der Waals surface area contributed by atoms with Crippen molar-refractivity contribution in [2.75, 3.05) is 20.2 Å². The lowest BCUT2D eigenvalue weighted by molar-refractivity contribution is -0.144. The van der Waals surface area contributed by atoms with Crippen molar-refractivity contribution >= 4 is 5.91 Å². The SMILES string of the molecule is COC(C)C(=O)N1CCC1. The third-order valence-corrected chi connectivity index (χ3v) is 1.87. The first-order valence-corrected chi connectivity index (χ1v) is 3.57. The number of hydrogen-bond acceptors (Lipinski definition) is 2. The number of ether oxygens (including phenoxy) is 1. The summed E-state index contributed by atoms with van der Waals surface area (Å²) >= 11 is 0. The third-order valence-electron chi connectivity index (χ3n) is 1.87. The van der Waals surface area contributed by atoms with E-state index in [1.165, 1.54) is 0 Å². The molecule has 10 heavy (non-hydrogen) atoms. The van der Waals surface area contributed by atoms with Gasteiger partial charge in [-0.05, 0) is 13.3 Å².